The van der Waals surface area contributed by atoms with Crippen LogP contribution in [0.5, 0.6) is 5.75 Å². The molecule has 1 amide bonds. The van der Waals surface area contributed by atoms with E-state index >= 15 is 0 Å². The summed E-state index contributed by atoms with van der Waals surface area (Å²) in [6.45, 7) is 3.06. The molecule has 5 nitrogen and oxygen atoms in total. The fraction of sp³-hybridized carbons (Fsp3) is 0.158. The number of hydrogen-bond donors (Lipinski definition) is 1. The van der Waals surface area contributed by atoms with E-state index in [1.54, 1.807) is 23.0 Å². The van der Waals surface area contributed by atoms with Gasteiger partial charge in [0, 0.05) is 6.20 Å². The first-order chi connectivity index (χ1) is 11.8. The van der Waals surface area contributed by atoms with Crippen LogP contribution in [0.4, 0.5) is 5.69 Å². The first-order valence-corrected chi connectivity index (χ1v) is 7.86. The number of hydrogen-bond acceptors (Lipinski definition) is 3. The van der Waals surface area contributed by atoms with Gasteiger partial charge >= 0.3 is 0 Å². The maximum atomic E-state index is 12.4. The molecule has 0 aliphatic rings. The largest absolute Gasteiger partial charge is 0.493 e. The fourth-order valence-electron chi connectivity index (χ4n) is 2.42. The van der Waals surface area contributed by atoms with Crippen LogP contribution in [0.1, 0.15) is 22.8 Å². The molecular weight excluding hydrogens is 302 g/mol. The highest BCUT2D eigenvalue weighted by Crippen LogP contribution is 2.19. The van der Waals surface area contributed by atoms with Crippen molar-refractivity contribution in [3.05, 3.63) is 78.1 Å². The summed E-state index contributed by atoms with van der Waals surface area (Å²) >= 11 is 0. The quantitative estimate of drug-likeness (QED) is 0.755. The van der Waals surface area contributed by atoms with Crippen LogP contribution in [0.2, 0.25) is 0 Å². The zero-order valence-electron chi connectivity index (χ0n) is 13.5. The van der Waals surface area contributed by atoms with Crippen molar-refractivity contribution >= 4 is 11.6 Å². The minimum atomic E-state index is -0.210. The van der Waals surface area contributed by atoms with E-state index in [1.165, 1.54) is 0 Å². The van der Waals surface area contributed by atoms with Gasteiger partial charge in [-0.05, 0) is 24.6 Å². The van der Waals surface area contributed by atoms with Crippen LogP contribution in [0.3, 0.4) is 0 Å². The predicted molar refractivity (Wildman–Crippen MR) is 93.3 cm³/mol. The SMILES string of the molecule is CCOc1ccccc1C(=O)Nc1cnn(Cc2ccccc2)c1. The second kappa shape index (κ2) is 7.46. The van der Waals surface area contributed by atoms with Crippen molar-refractivity contribution in [3.63, 3.8) is 0 Å². The lowest BCUT2D eigenvalue weighted by Gasteiger charge is -2.09. The van der Waals surface area contributed by atoms with Crippen molar-refractivity contribution in [1.82, 2.24) is 9.78 Å². The van der Waals surface area contributed by atoms with Crippen molar-refractivity contribution in [2.75, 3.05) is 11.9 Å². The zero-order valence-corrected chi connectivity index (χ0v) is 13.5. The topological polar surface area (TPSA) is 56.1 Å². The van der Waals surface area contributed by atoms with E-state index in [2.05, 4.69) is 10.4 Å². The van der Waals surface area contributed by atoms with E-state index in [9.17, 15) is 4.79 Å². The number of carbonyl (C=O) groups is 1. The average molecular weight is 321 g/mol. The Morgan fingerprint density at radius 3 is 2.67 bits per heavy atom. The highest BCUT2D eigenvalue weighted by molar-refractivity contribution is 6.06. The number of aromatic nitrogens is 2. The van der Waals surface area contributed by atoms with Crippen LogP contribution >= 0.6 is 0 Å². The zero-order chi connectivity index (χ0) is 16.8. The maximum absolute atomic E-state index is 12.4. The molecule has 0 atom stereocenters. The first kappa shape index (κ1) is 15.8. The Morgan fingerprint density at radius 2 is 1.88 bits per heavy atom. The van der Waals surface area contributed by atoms with Gasteiger partial charge in [-0.1, -0.05) is 42.5 Å². The Morgan fingerprint density at radius 1 is 1.12 bits per heavy atom. The van der Waals surface area contributed by atoms with E-state index in [0.29, 0.717) is 30.2 Å². The third kappa shape index (κ3) is 3.81. The summed E-state index contributed by atoms with van der Waals surface area (Å²) in [4.78, 5) is 12.4. The van der Waals surface area contributed by atoms with Crippen LogP contribution in [-0.4, -0.2) is 22.3 Å². The number of amides is 1. The second-order valence-corrected chi connectivity index (χ2v) is 5.30. The Balaban J connectivity index is 1.69. The molecule has 1 aromatic heterocycles. The monoisotopic (exact) mass is 321 g/mol. The number of nitrogens with zero attached hydrogens (tertiary/aromatic N) is 2. The minimum absolute atomic E-state index is 0.210. The second-order valence-electron chi connectivity index (χ2n) is 5.30. The van der Waals surface area contributed by atoms with Crippen molar-refractivity contribution in [3.8, 4) is 5.75 Å². The number of para-hydroxylation sites is 1. The first-order valence-electron chi connectivity index (χ1n) is 7.86. The molecule has 0 saturated carbocycles. The lowest BCUT2D eigenvalue weighted by atomic mass is 10.2. The number of nitrogens with one attached hydrogen (secondary N) is 1. The van der Waals surface area contributed by atoms with E-state index in [4.69, 9.17) is 4.74 Å². The molecule has 3 rings (SSSR count). The molecule has 0 bridgehead atoms. The Hall–Kier alpha value is -3.08. The molecule has 0 aliphatic carbocycles. The summed E-state index contributed by atoms with van der Waals surface area (Å²) < 4.78 is 7.29. The van der Waals surface area contributed by atoms with E-state index in [-0.39, 0.29) is 5.91 Å². The molecule has 0 radical (unpaired) electrons. The summed E-state index contributed by atoms with van der Waals surface area (Å²) in [6.07, 6.45) is 3.46. The average Bonchev–Trinajstić information content (AvgIpc) is 3.03. The summed E-state index contributed by atoms with van der Waals surface area (Å²) in [7, 11) is 0. The molecule has 0 fully saturated rings. The Kier molecular flexibility index (Phi) is 4.91. The summed E-state index contributed by atoms with van der Waals surface area (Å²) in [6, 6.07) is 17.2. The van der Waals surface area contributed by atoms with Gasteiger partial charge in [-0.15, -0.1) is 0 Å². The van der Waals surface area contributed by atoms with Gasteiger partial charge < -0.3 is 10.1 Å². The van der Waals surface area contributed by atoms with Gasteiger partial charge in [0.25, 0.3) is 5.91 Å². The highest BCUT2D eigenvalue weighted by atomic mass is 16.5. The van der Waals surface area contributed by atoms with Crippen LogP contribution in [0, 0.1) is 0 Å². The number of anilines is 1. The molecule has 0 spiro atoms. The van der Waals surface area contributed by atoms with E-state index in [1.807, 2.05) is 55.6 Å². The predicted octanol–water partition coefficient (Wildman–Crippen LogP) is 3.58. The van der Waals surface area contributed by atoms with Crippen LogP contribution in [0.25, 0.3) is 0 Å². The highest BCUT2D eigenvalue weighted by Gasteiger charge is 2.13. The third-order valence-electron chi connectivity index (χ3n) is 3.51. The van der Waals surface area contributed by atoms with Crippen LogP contribution in [0.15, 0.2) is 67.0 Å². The molecule has 0 unspecified atom stereocenters. The van der Waals surface area contributed by atoms with Gasteiger partial charge in [0.2, 0.25) is 0 Å². The van der Waals surface area contributed by atoms with E-state index in [0.717, 1.165) is 5.56 Å². The molecular formula is C19H19N3O2. The van der Waals surface area contributed by atoms with Gasteiger partial charge in [-0.3, -0.25) is 9.48 Å². The molecule has 5 heteroatoms. The molecule has 2 aromatic carbocycles. The van der Waals surface area contributed by atoms with Crippen molar-refractivity contribution in [2.24, 2.45) is 0 Å². The van der Waals surface area contributed by atoms with E-state index < -0.39 is 0 Å². The van der Waals surface area contributed by atoms with Crippen LogP contribution < -0.4 is 10.1 Å². The standard InChI is InChI=1S/C19H19N3O2/c1-2-24-18-11-7-6-10-17(18)19(23)21-16-12-20-22(14-16)13-15-8-4-3-5-9-15/h3-12,14H,2,13H2,1H3,(H,21,23). The molecule has 24 heavy (non-hydrogen) atoms. The van der Waals surface area contributed by atoms with Gasteiger partial charge in [0.1, 0.15) is 5.75 Å². The normalized spacial score (nSPS) is 10.4. The molecule has 0 aliphatic heterocycles. The molecule has 1 N–H and O–H groups in total. The summed E-state index contributed by atoms with van der Waals surface area (Å²) in [5.74, 6) is 0.368. The molecule has 0 saturated heterocycles. The molecule has 3 aromatic rings. The lowest BCUT2D eigenvalue weighted by molar-refractivity contribution is 0.102. The van der Waals surface area contributed by atoms with Gasteiger partial charge in [-0.2, -0.15) is 5.10 Å². The van der Waals surface area contributed by atoms with Crippen molar-refractivity contribution in [2.45, 2.75) is 13.5 Å². The smallest absolute Gasteiger partial charge is 0.259 e. The molecule has 122 valence electrons. The van der Waals surface area contributed by atoms with Crippen LogP contribution in [-0.2, 0) is 6.54 Å². The van der Waals surface area contributed by atoms with Crippen molar-refractivity contribution < 1.29 is 9.53 Å². The number of carbonyl (C=O) groups excluding carboxylic acids is 1. The van der Waals surface area contributed by atoms with Gasteiger partial charge in [0.05, 0.1) is 30.6 Å². The minimum Gasteiger partial charge on any atom is -0.493 e. The Labute approximate surface area is 140 Å². The summed E-state index contributed by atoms with van der Waals surface area (Å²) in [5, 5.41) is 7.15. The number of ether oxygens (including phenoxy) is 1. The number of benzene rings is 2. The maximum Gasteiger partial charge on any atom is 0.259 e. The Bertz CT molecular complexity index is 812. The number of rotatable bonds is 6. The van der Waals surface area contributed by atoms with Gasteiger partial charge in [-0.25, -0.2) is 0 Å². The lowest BCUT2D eigenvalue weighted by Crippen LogP contribution is -2.13. The fourth-order valence-corrected chi connectivity index (χ4v) is 2.42. The molecule has 1 heterocycles. The summed E-state index contributed by atoms with van der Waals surface area (Å²) in [5.41, 5.74) is 2.32. The van der Waals surface area contributed by atoms with Crippen molar-refractivity contribution in [1.29, 1.82) is 0 Å². The third-order valence-corrected chi connectivity index (χ3v) is 3.51. The van der Waals surface area contributed by atoms with Gasteiger partial charge in [0.15, 0.2) is 0 Å².